The van der Waals surface area contributed by atoms with Gasteiger partial charge in [-0.3, -0.25) is 4.79 Å². The Balaban J connectivity index is 2.03. The fourth-order valence-electron chi connectivity index (χ4n) is 1.90. The highest BCUT2D eigenvalue weighted by atomic mass is 16.1. The van der Waals surface area contributed by atoms with E-state index in [4.69, 9.17) is 0 Å². The van der Waals surface area contributed by atoms with Crippen molar-refractivity contribution in [3.05, 3.63) is 53.9 Å². The zero-order chi connectivity index (χ0) is 15.1. The smallest absolute Gasteiger partial charge is 0.270 e. The largest absolute Gasteiger partial charge is 0.354 e. The Morgan fingerprint density at radius 1 is 1.24 bits per heavy atom. The molecule has 2 aromatic rings. The molecule has 0 aliphatic heterocycles. The number of aromatic nitrogens is 2. The van der Waals surface area contributed by atoms with Gasteiger partial charge in [-0.15, -0.1) is 0 Å². The Labute approximate surface area is 124 Å². The van der Waals surface area contributed by atoms with Gasteiger partial charge in [0.15, 0.2) is 0 Å². The lowest BCUT2D eigenvalue weighted by Gasteiger charge is -2.14. The van der Waals surface area contributed by atoms with E-state index in [-0.39, 0.29) is 11.9 Å². The molecule has 1 amide bonds. The number of hydrogen-bond donors (Lipinski definition) is 2. The molecule has 0 fully saturated rings. The zero-order valence-corrected chi connectivity index (χ0v) is 12.3. The highest BCUT2D eigenvalue weighted by molar-refractivity contribution is 5.92. The maximum atomic E-state index is 12.2. The monoisotopic (exact) mass is 284 g/mol. The number of nitrogens with one attached hydrogen (secondary N) is 2. The molecule has 0 aliphatic carbocycles. The summed E-state index contributed by atoms with van der Waals surface area (Å²) in [5.74, 6) is 0.283. The van der Waals surface area contributed by atoms with Crippen LogP contribution in [0, 0.1) is 0 Å². The van der Waals surface area contributed by atoms with Gasteiger partial charge in [0.05, 0.1) is 6.04 Å². The molecule has 0 aliphatic rings. The topological polar surface area (TPSA) is 66.9 Å². The highest BCUT2D eigenvalue weighted by Gasteiger charge is 2.13. The zero-order valence-electron chi connectivity index (χ0n) is 12.3. The third kappa shape index (κ3) is 4.27. The van der Waals surface area contributed by atoms with Crippen LogP contribution in [0.15, 0.2) is 42.6 Å². The van der Waals surface area contributed by atoms with E-state index in [0.717, 1.165) is 18.5 Å². The van der Waals surface area contributed by atoms with Gasteiger partial charge in [0.25, 0.3) is 5.91 Å². The van der Waals surface area contributed by atoms with Crippen LogP contribution in [0.25, 0.3) is 0 Å². The summed E-state index contributed by atoms with van der Waals surface area (Å²) in [6, 6.07) is 11.4. The molecule has 0 radical (unpaired) electrons. The molecule has 21 heavy (non-hydrogen) atoms. The number of anilines is 1. The van der Waals surface area contributed by atoms with Crippen molar-refractivity contribution in [3.8, 4) is 0 Å². The molecule has 1 heterocycles. The lowest BCUT2D eigenvalue weighted by atomic mass is 10.1. The molecule has 2 rings (SSSR count). The SMILES string of the molecule is CCCNc1nccc(C(=O)NC(C)c2ccccc2)n1. The molecule has 1 aromatic heterocycles. The summed E-state index contributed by atoms with van der Waals surface area (Å²) in [7, 11) is 0. The molecule has 110 valence electrons. The molecule has 2 N–H and O–H groups in total. The fourth-order valence-corrected chi connectivity index (χ4v) is 1.90. The fraction of sp³-hybridized carbons (Fsp3) is 0.312. The van der Waals surface area contributed by atoms with Gasteiger partial charge in [-0.25, -0.2) is 9.97 Å². The van der Waals surface area contributed by atoms with Crippen molar-refractivity contribution in [2.75, 3.05) is 11.9 Å². The van der Waals surface area contributed by atoms with Gasteiger partial charge in [0.1, 0.15) is 5.69 Å². The normalized spacial score (nSPS) is 11.7. The maximum absolute atomic E-state index is 12.2. The molecule has 0 saturated carbocycles. The van der Waals surface area contributed by atoms with Crippen LogP contribution in [0.5, 0.6) is 0 Å². The lowest BCUT2D eigenvalue weighted by Crippen LogP contribution is -2.27. The van der Waals surface area contributed by atoms with E-state index in [0.29, 0.717) is 11.6 Å². The molecule has 0 spiro atoms. The van der Waals surface area contributed by atoms with Crippen LogP contribution >= 0.6 is 0 Å². The first kappa shape index (κ1) is 15.0. The summed E-state index contributed by atoms with van der Waals surface area (Å²) in [6.07, 6.45) is 2.57. The Morgan fingerprint density at radius 2 is 2.00 bits per heavy atom. The Hall–Kier alpha value is -2.43. The van der Waals surface area contributed by atoms with Crippen molar-refractivity contribution in [2.24, 2.45) is 0 Å². The van der Waals surface area contributed by atoms with Gasteiger partial charge >= 0.3 is 0 Å². The van der Waals surface area contributed by atoms with Crippen molar-refractivity contribution in [3.63, 3.8) is 0 Å². The second kappa shape index (κ2) is 7.38. The summed E-state index contributed by atoms with van der Waals surface area (Å²) in [6.45, 7) is 4.79. The van der Waals surface area contributed by atoms with Crippen molar-refractivity contribution < 1.29 is 4.79 Å². The van der Waals surface area contributed by atoms with Crippen LogP contribution in [0.3, 0.4) is 0 Å². The average molecular weight is 284 g/mol. The number of benzene rings is 1. The van der Waals surface area contributed by atoms with E-state index in [2.05, 4.69) is 27.5 Å². The second-order valence-electron chi connectivity index (χ2n) is 4.80. The number of amides is 1. The number of rotatable bonds is 6. The summed E-state index contributed by atoms with van der Waals surface area (Å²) >= 11 is 0. The van der Waals surface area contributed by atoms with Gasteiger partial charge in [-0.2, -0.15) is 0 Å². The first-order valence-corrected chi connectivity index (χ1v) is 7.13. The average Bonchev–Trinajstić information content (AvgIpc) is 2.54. The van der Waals surface area contributed by atoms with Gasteiger partial charge in [0.2, 0.25) is 5.95 Å². The highest BCUT2D eigenvalue weighted by Crippen LogP contribution is 2.12. The number of hydrogen-bond acceptors (Lipinski definition) is 4. The third-order valence-electron chi connectivity index (χ3n) is 3.07. The molecule has 5 nitrogen and oxygen atoms in total. The first-order chi connectivity index (χ1) is 10.2. The summed E-state index contributed by atoms with van der Waals surface area (Å²) in [5, 5.41) is 6.01. The van der Waals surface area contributed by atoms with E-state index < -0.39 is 0 Å². The second-order valence-corrected chi connectivity index (χ2v) is 4.80. The minimum Gasteiger partial charge on any atom is -0.354 e. The van der Waals surface area contributed by atoms with Gasteiger partial charge < -0.3 is 10.6 Å². The first-order valence-electron chi connectivity index (χ1n) is 7.13. The maximum Gasteiger partial charge on any atom is 0.270 e. The van der Waals surface area contributed by atoms with Crippen molar-refractivity contribution in [1.29, 1.82) is 0 Å². The standard InChI is InChI=1S/C16H20N4O/c1-3-10-17-16-18-11-9-14(20-16)15(21)19-12(2)13-7-5-4-6-8-13/h4-9,11-12H,3,10H2,1-2H3,(H,19,21)(H,17,18,20). The van der Waals surface area contributed by atoms with Gasteiger partial charge in [-0.1, -0.05) is 37.3 Å². The van der Waals surface area contributed by atoms with Gasteiger partial charge in [0, 0.05) is 12.7 Å². The predicted molar refractivity (Wildman–Crippen MR) is 83.1 cm³/mol. The molecule has 0 saturated heterocycles. The van der Waals surface area contributed by atoms with E-state index in [1.54, 1.807) is 12.3 Å². The molecule has 1 aromatic carbocycles. The van der Waals surface area contributed by atoms with E-state index >= 15 is 0 Å². The number of nitrogens with zero attached hydrogens (tertiary/aromatic N) is 2. The van der Waals surface area contributed by atoms with Crippen molar-refractivity contribution in [2.45, 2.75) is 26.3 Å². The number of carbonyl (C=O) groups is 1. The molecule has 0 bridgehead atoms. The molecular weight excluding hydrogens is 264 g/mol. The number of carbonyl (C=O) groups excluding carboxylic acids is 1. The van der Waals surface area contributed by atoms with Crippen LogP contribution < -0.4 is 10.6 Å². The molecule has 5 heteroatoms. The minimum absolute atomic E-state index is 0.0688. The van der Waals surface area contributed by atoms with E-state index in [9.17, 15) is 4.79 Å². The van der Waals surface area contributed by atoms with Crippen molar-refractivity contribution >= 4 is 11.9 Å². The van der Waals surface area contributed by atoms with Crippen LogP contribution in [-0.4, -0.2) is 22.4 Å². The Morgan fingerprint density at radius 3 is 2.71 bits per heavy atom. The van der Waals surface area contributed by atoms with Crippen LogP contribution in [0.2, 0.25) is 0 Å². The minimum atomic E-state index is -0.201. The summed E-state index contributed by atoms with van der Waals surface area (Å²) in [4.78, 5) is 20.5. The summed E-state index contributed by atoms with van der Waals surface area (Å²) in [5.41, 5.74) is 1.43. The van der Waals surface area contributed by atoms with E-state index in [1.807, 2.05) is 37.3 Å². The van der Waals surface area contributed by atoms with Crippen LogP contribution in [0.1, 0.15) is 42.4 Å². The lowest BCUT2D eigenvalue weighted by molar-refractivity contribution is 0.0935. The van der Waals surface area contributed by atoms with Crippen LogP contribution in [0.4, 0.5) is 5.95 Å². The van der Waals surface area contributed by atoms with E-state index in [1.165, 1.54) is 0 Å². The molecule has 1 unspecified atom stereocenters. The van der Waals surface area contributed by atoms with Crippen molar-refractivity contribution in [1.82, 2.24) is 15.3 Å². The van der Waals surface area contributed by atoms with Crippen LogP contribution in [-0.2, 0) is 0 Å². The quantitative estimate of drug-likeness (QED) is 0.856. The molecule has 1 atom stereocenters. The third-order valence-corrected chi connectivity index (χ3v) is 3.07. The predicted octanol–water partition coefficient (Wildman–Crippen LogP) is 2.79. The Bertz CT molecular complexity index is 586. The summed E-state index contributed by atoms with van der Waals surface area (Å²) < 4.78 is 0. The van der Waals surface area contributed by atoms with Gasteiger partial charge in [-0.05, 0) is 25.0 Å². The Kier molecular flexibility index (Phi) is 5.26. The molecular formula is C16H20N4O.